The van der Waals surface area contributed by atoms with Crippen molar-refractivity contribution in [3.63, 3.8) is 0 Å². The zero-order valence-corrected chi connectivity index (χ0v) is 12.8. The molecule has 0 amide bonds. The molecule has 8 heteroatoms. The molecule has 8 heavy (non-hydrogen) atoms. The average molecular weight is 366 g/mol. The second-order valence-corrected chi connectivity index (χ2v) is 0. The largest absolute Gasteiger partial charge is 6.00 e. The van der Waals surface area contributed by atoms with Gasteiger partial charge in [0.2, 0.25) is 0 Å². The second kappa shape index (κ2) is 94.9. The van der Waals surface area contributed by atoms with Gasteiger partial charge in [0.1, 0.15) is 0 Å². The van der Waals surface area contributed by atoms with Crippen molar-refractivity contribution < 1.29 is 118 Å². The van der Waals surface area contributed by atoms with Gasteiger partial charge in [0, 0.05) is 0 Å². The quantitative estimate of drug-likeness (QED) is 0.375. The van der Waals surface area contributed by atoms with Gasteiger partial charge in [-0.3, -0.25) is 0 Å². The van der Waals surface area contributed by atoms with E-state index in [1.54, 1.807) is 0 Å². The molecule has 0 bridgehead atoms. The molecule has 0 saturated carbocycles. The van der Waals surface area contributed by atoms with Crippen molar-refractivity contribution in [3.05, 3.63) is 0 Å². The number of hydrogen-bond acceptors (Lipinski definition) is 0. The Kier molecular flexibility index (Phi) is 1540. The summed E-state index contributed by atoms with van der Waals surface area (Å²) in [5, 5.41) is 0. The first-order valence-electron chi connectivity index (χ1n) is 0. The summed E-state index contributed by atoms with van der Waals surface area (Å²) in [6.45, 7) is 0. The summed E-state index contributed by atoms with van der Waals surface area (Å²) < 4.78 is 0. The topological polar surface area (TPSA) is 146 Å². The van der Waals surface area contributed by atoms with Gasteiger partial charge >= 0.3 is 90.2 Å². The first-order chi connectivity index (χ1) is 0. The van der Waals surface area contributed by atoms with Gasteiger partial charge in [-0.25, -0.2) is 0 Å². The van der Waals surface area contributed by atoms with Crippen LogP contribution in [0, 0.1) is 31.1 Å². The average Bonchev–Trinajstić information content (AvgIpc) is 0. The maximum absolute atomic E-state index is 0. The molecular weight excluding hydrogens is 364 g/mol. The fraction of sp³-hybridized carbons (Fsp3) is 0. The van der Waals surface area contributed by atoms with Crippen LogP contribution in [0.3, 0.4) is 0 Å². The van der Waals surface area contributed by atoms with E-state index in [1.807, 2.05) is 0 Å². The summed E-state index contributed by atoms with van der Waals surface area (Å²) in [5.41, 5.74) is 0. The third kappa shape index (κ3) is 67.1. The van der Waals surface area contributed by atoms with E-state index in [1.165, 1.54) is 0 Å². The zero-order valence-electron chi connectivity index (χ0n) is 4.63. The molecule has 0 rings (SSSR count). The van der Waals surface area contributed by atoms with Crippen LogP contribution >= 0.6 is 0 Å². The summed E-state index contributed by atoms with van der Waals surface area (Å²) >= 11 is 0. The van der Waals surface area contributed by atoms with Gasteiger partial charge in [-0.15, -0.1) is 0 Å². The molecule has 2 N–H and O–H groups in total. The molecule has 0 aromatic rings. The molecule has 0 aliphatic heterocycles. The predicted octanol–water partition coefficient (Wildman–Crippen LogP) is -7.29. The van der Waals surface area contributed by atoms with Crippen molar-refractivity contribution >= 4 is 0 Å². The fourth-order valence-corrected chi connectivity index (χ4v) is 0. The van der Waals surface area contributed by atoms with E-state index in [2.05, 4.69) is 0 Å². The molecule has 0 radical (unpaired) electrons. The summed E-state index contributed by atoms with van der Waals surface area (Å²) in [5.74, 6) is 0. The van der Waals surface area contributed by atoms with E-state index in [0.717, 1.165) is 0 Å². The Morgan fingerprint density at radius 3 is 0.500 bits per heavy atom. The fourth-order valence-electron chi connectivity index (χ4n) is 0. The Morgan fingerprint density at radius 1 is 0.500 bits per heavy atom. The van der Waals surface area contributed by atoms with E-state index in [9.17, 15) is 0 Å². The Bertz CT molecular complexity index is 10.4. The van der Waals surface area contributed by atoms with Crippen LogP contribution < -0.4 is 59.1 Å². The van der Waals surface area contributed by atoms with Gasteiger partial charge in [0.05, 0.1) is 0 Å². The normalized spacial score (nSPS) is 0. The summed E-state index contributed by atoms with van der Waals surface area (Å²) in [7, 11) is 0. The molecule has 0 aliphatic rings. The van der Waals surface area contributed by atoms with E-state index in [0.29, 0.717) is 0 Å². The molecule has 0 unspecified atom stereocenters. The van der Waals surface area contributed by atoms with Gasteiger partial charge in [0.25, 0.3) is 0 Å². The Balaban J connectivity index is 0. The van der Waals surface area contributed by atoms with Crippen molar-refractivity contribution in [1.29, 1.82) is 0 Å². The van der Waals surface area contributed by atoms with Crippen LogP contribution in [-0.2, 0) is 21.9 Å². The summed E-state index contributed by atoms with van der Waals surface area (Å²) in [4.78, 5) is 0. The smallest absolute Gasteiger partial charge is 2.00 e. The molecule has 0 heterocycles. The number of hydrogen-bond donors (Lipinski definition) is 0. The standard InChI is InChI=1S/2Na.H2O.4O.U/h;;1H2;;;;;/q2*+1;;4*-2;+6. The van der Waals surface area contributed by atoms with Crippen LogP contribution in [0.2, 0.25) is 0 Å². The molecular formula is H2Na2O5U. The maximum Gasteiger partial charge on any atom is 6.00 e. The monoisotopic (exact) mass is 366 g/mol. The number of rotatable bonds is 0. The first-order valence-corrected chi connectivity index (χ1v) is 0. The van der Waals surface area contributed by atoms with Crippen molar-refractivity contribution in [2.45, 2.75) is 0 Å². The van der Waals surface area contributed by atoms with Crippen LogP contribution in [0.25, 0.3) is 0 Å². The molecule has 0 aromatic carbocycles. The van der Waals surface area contributed by atoms with Crippen LogP contribution in [0.5, 0.6) is 0 Å². The van der Waals surface area contributed by atoms with Crippen molar-refractivity contribution in [3.8, 4) is 0 Å². The minimum Gasteiger partial charge on any atom is -2.00 e. The Morgan fingerprint density at radius 2 is 0.500 bits per heavy atom. The third-order valence-electron chi connectivity index (χ3n) is 0. The van der Waals surface area contributed by atoms with Crippen LogP contribution in [-0.4, -0.2) is 5.48 Å². The maximum atomic E-state index is 0. The van der Waals surface area contributed by atoms with Gasteiger partial charge in [-0.1, -0.05) is 0 Å². The molecule has 0 atom stereocenters. The van der Waals surface area contributed by atoms with Crippen LogP contribution in [0.15, 0.2) is 0 Å². The minimum absolute atomic E-state index is 0. The molecule has 0 spiro atoms. The minimum atomic E-state index is 0. The molecule has 0 aromatic heterocycles. The molecule has 0 aliphatic carbocycles. The van der Waals surface area contributed by atoms with E-state index < -0.39 is 0 Å². The van der Waals surface area contributed by atoms with E-state index in [4.69, 9.17) is 0 Å². The first kappa shape index (κ1) is 129. The summed E-state index contributed by atoms with van der Waals surface area (Å²) in [6.07, 6.45) is 0. The van der Waals surface area contributed by atoms with Gasteiger partial charge < -0.3 is 27.4 Å². The SMILES string of the molecule is O.[Na+].[Na+].[O-2].[O-2].[O-2].[O-2].[U+6]. The Hall–Kier alpha value is 2.85. The predicted molar refractivity (Wildman–Crippen MR) is 6.36 cm³/mol. The van der Waals surface area contributed by atoms with Crippen LogP contribution in [0.1, 0.15) is 0 Å². The van der Waals surface area contributed by atoms with E-state index in [-0.39, 0.29) is 118 Å². The zero-order chi connectivity index (χ0) is 0. The van der Waals surface area contributed by atoms with Gasteiger partial charge in [-0.05, 0) is 0 Å². The second-order valence-electron chi connectivity index (χ2n) is 0. The molecule has 5 nitrogen and oxygen atoms in total. The van der Waals surface area contributed by atoms with Crippen molar-refractivity contribution in [1.82, 2.24) is 0 Å². The molecule has 0 saturated heterocycles. The van der Waals surface area contributed by atoms with Crippen molar-refractivity contribution in [2.24, 2.45) is 0 Å². The van der Waals surface area contributed by atoms with E-state index >= 15 is 0 Å². The summed E-state index contributed by atoms with van der Waals surface area (Å²) in [6, 6.07) is 0. The third-order valence-corrected chi connectivity index (χ3v) is 0. The Labute approximate surface area is 115 Å². The van der Waals surface area contributed by atoms with Crippen molar-refractivity contribution in [2.75, 3.05) is 0 Å². The van der Waals surface area contributed by atoms with Gasteiger partial charge in [-0.2, -0.15) is 0 Å². The molecule has 0 fully saturated rings. The van der Waals surface area contributed by atoms with Gasteiger partial charge in [0.15, 0.2) is 0 Å². The molecule has 38 valence electrons. The van der Waals surface area contributed by atoms with Crippen LogP contribution in [0.4, 0.5) is 0 Å².